The van der Waals surface area contributed by atoms with Gasteiger partial charge in [-0.05, 0) is 62.2 Å². The molecule has 40 heavy (non-hydrogen) atoms. The Morgan fingerprint density at radius 2 is 1.80 bits per heavy atom. The summed E-state index contributed by atoms with van der Waals surface area (Å²) in [7, 11) is 1.98. The van der Waals surface area contributed by atoms with Crippen LogP contribution in [0.25, 0.3) is 11.0 Å². The lowest BCUT2D eigenvalue weighted by Gasteiger charge is -2.37. The van der Waals surface area contributed by atoms with Crippen molar-refractivity contribution in [1.82, 2.24) is 15.3 Å². The number of ether oxygens (including phenoxy) is 1. The van der Waals surface area contributed by atoms with E-state index >= 15 is 0 Å². The van der Waals surface area contributed by atoms with Crippen LogP contribution in [-0.2, 0) is 26.4 Å². The van der Waals surface area contributed by atoms with Gasteiger partial charge in [0.2, 0.25) is 0 Å². The Morgan fingerprint density at radius 1 is 1.15 bits per heavy atom. The lowest BCUT2D eigenvalue weighted by atomic mass is 9.85. The molecule has 0 spiro atoms. The molecule has 0 bridgehead atoms. The lowest BCUT2D eigenvalue weighted by Crippen LogP contribution is -2.61. The van der Waals surface area contributed by atoms with E-state index in [9.17, 15) is 9.59 Å². The molecule has 0 radical (unpaired) electrons. The van der Waals surface area contributed by atoms with Gasteiger partial charge in [0.05, 0.1) is 50.9 Å². The van der Waals surface area contributed by atoms with Gasteiger partial charge in [0, 0.05) is 24.1 Å². The summed E-state index contributed by atoms with van der Waals surface area (Å²) in [6, 6.07) is 11.2. The van der Waals surface area contributed by atoms with E-state index in [1.54, 1.807) is 19.1 Å². The summed E-state index contributed by atoms with van der Waals surface area (Å²) in [6.07, 6.45) is 2.00. The first kappa shape index (κ1) is 33.0. The second kappa shape index (κ2) is 13.5. The summed E-state index contributed by atoms with van der Waals surface area (Å²) in [4.78, 5) is 34.5. The number of nitrogen functional groups attached to an aromatic ring is 1. The number of likely N-dealkylation sites (tertiary alicyclic amines) is 1. The number of aromatic amines is 1. The number of H-pyrrole nitrogens is 1. The van der Waals surface area contributed by atoms with Crippen LogP contribution in [0.4, 0.5) is 5.69 Å². The van der Waals surface area contributed by atoms with Crippen LogP contribution in [0.5, 0.6) is 0 Å². The maximum atomic E-state index is 14.1. The number of aromatic nitrogens is 2. The molecule has 1 amide bonds. The number of carbonyl (C=O) groups excluding carboxylic acids is 2. The molecule has 12 heteroatoms. The number of likely N-dealkylation sites (N-methyl/N-ethyl adjacent to an activating group) is 1. The molecule has 2 aromatic carbocycles. The number of nitrogens with one attached hydrogen (secondary N) is 4. The van der Waals surface area contributed by atoms with Crippen LogP contribution in [0.3, 0.4) is 0 Å². The molecule has 218 valence electrons. The average molecular weight is 594 g/mol. The molecule has 0 saturated carbocycles. The van der Waals surface area contributed by atoms with E-state index in [2.05, 4.69) is 15.6 Å². The Labute approximate surface area is 247 Å². The van der Waals surface area contributed by atoms with Gasteiger partial charge >= 0.3 is 11.9 Å². The molecular formula is C28H40Cl2N7O3+. The van der Waals surface area contributed by atoms with Gasteiger partial charge in [-0.25, -0.2) is 9.78 Å². The van der Waals surface area contributed by atoms with E-state index in [4.69, 9.17) is 20.9 Å². The predicted octanol–water partition coefficient (Wildman–Crippen LogP) is 3.75. The molecule has 0 unspecified atom stereocenters. The number of amides is 1. The third-order valence-corrected chi connectivity index (χ3v) is 7.51. The Hall–Kier alpha value is -3.18. The number of fused-ring (bicyclic) bond motifs is 1. The number of hydrogen-bond acceptors (Lipinski definition) is 7. The molecule has 0 aliphatic carbocycles. The van der Waals surface area contributed by atoms with E-state index < -0.39 is 11.5 Å². The van der Waals surface area contributed by atoms with Crippen molar-refractivity contribution in [2.75, 3.05) is 38.6 Å². The largest absolute Gasteiger partial charge is 0.465 e. The normalized spacial score (nSPS) is 15.4. The number of hydrogen-bond donors (Lipinski definition) is 5. The van der Waals surface area contributed by atoms with Crippen molar-refractivity contribution < 1.29 is 18.8 Å². The van der Waals surface area contributed by atoms with E-state index in [1.165, 1.54) is 0 Å². The molecule has 1 aliphatic heterocycles. The van der Waals surface area contributed by atoms with Gasteiger partial charge in [-0.15, -0.1) is 24.8 Å². The molecule has 1 aliphatic rings. The first-order chi connectivity index (χ1) is 18.1. The highest BCUT2D eigenvalue weighted by Crippen LogP contribution is 2.34. The number of anilines is 1. The Morgan fingerprint density at radius 3 is 2.40 bits per heavy atom. The number of rotatable bonds is 10. The first-order valence-electron chi connectivity index (χ1n) is 13.0. The fourth-order valence-electron chi connectivity index (χ4n) is 5.37. The molecule has 1 aromatic heterocycles. The molecule has 1 saturated heterocycles. The second-order valence-corrected chi connectivity index (χ2v) is 10.3. The number of quaternary nitrogens is 1. The minimum Gasteiger partial charge on any atom is -0.465 e. The molecular weight excluding hydrogens is 553 g/mol. The number of amidine groups is 1. The smallest absolute Gasteiger partial charge is 0.338 e. The zero-order chi connectivity index (χ0) is 27.5. The van der Waals surface area contributed by atoms with Crippen LogP contribution in [0.2, 0.25) is 0 Å². The topological polar surface area (TPSA) is 146 Å². The molecule has 10 nitrogen and oxygen atoms in total. The Balaban J connectivity index is 0.00000280. The Bertz CT molecular complexity index is 1350. The van der Waals surface area contributed by atoms with Gasteiger partial charge in [0.1, 0.15) is 11.7 Å². The van der Waals surface area contributed by atoms with E-state index in [0.717, 1.165) is 59.6 Å². The van der Waals surface area contributed by atoms with Gasteiger partial charge in [0.25, 0.3) is 0 Å². The van der Waals surface area contributed by atoms with Crippen molar-refractivity contribution >= 4 is 59.2 Å². The number of halogens is 2. The van der Waals surface area contributed by atoms with Gasteiger partial charge < -0.3 is 20.8 Å². The minimum atomic E-state index is -1.10. The van der Waals surface area contributed by atoms with Gasteiger partial charge in [-0.1, -0.05) is 6.07 Å². The number of esters is 1. The maximum Gasteiger partial charge on any atom is 0.338 e. The standard InChI is InChI=1S/C28H38N7O3.2ClH/c1-5-38-24(36)17-32-28(3,27(37)35(4)14-6-7-15-35)21-12-13-22-25(18(21)2)34-23(33-22)16-31-20-10-8-19(9-11-20)26(29)30;;/h8-13,31-32H,5-7,14-17H2,1-4H3,(H3,29,30)(H,33,34);2*1H/q+1;;/t28-;;/m1../s1. The van der Waals surface area contributed by atoms with Gasteiger partial charge in [-0.2, -0.15) is 0 Å². The molecule has 2 heterocycles. The first-order valence-corrected chi connectivity index (χ1v) is 13.0. The highest BCUT2D eigenvalue weighted by molar-refractivity contribution is 5.95. The zero-order valence-electron chi connectivity index (χ0n) is 23.4. The maximum absolute atomic E-state index is 14.1. The summed E-state index contributed by atoms with van der Waals surface area (Å²) < 4.78 is 5.45. The third-order valence-electron chi connectivity index (χ3n) is 7.51. The van der Waals surface area contributed by atoms with Crippen LogP contribution in [0.1, 0.15) is 49.2 Å². The molecule has 1 fully saturated rings. The van der Waals surface area contributed by atoms with Crippen molar-refractivity contribution in [1.29, 1.82) is 5.41 Å². The quantitative estimate of drug-likeness (QED) is 0.104. The highest BCUT2D eigenvalue weighted by Gasteiger charge is 2.49. The number of imidazole rings is 1. The van der Waals surface area contributed by atoms with Crippen molar-refractivity contribution in [3.8, 4) is 0 Å². The fraction of sp³-hybridized carbons (Fsp3) is 0.429. The number of carbonyl (C=O) groups is 2. The average Bonchev–Trinajstić information content (AvgIpc) is 3.53. The van der Waals surface area contributed by atoms with Crippen molar-refractivity contribution in [3.05, 3.63) is 58.9 Å². The third kappa shape index (κ3) is 6.75. The van der Waals surface area contributed by atoms with Crippen LogP contribution in [0, 0.1) is 12.3 Å². The van der Waals surface area contributed by atoms with Crippen LogP contribution < -0.4 is 16.4 Å². The summed E-state index contributed by atoms with van der Waals surface area (Å²) >= 11 is 0. The van der Waals surface area contributed by atoms with Crippen molar-refractivity contribution in [2.45, 2.75) is 45.7 Å². The summed E-state index contributed by atoms with van der Waals surface area (Å²) in [5.74, 6) is 0.428. The summed E-state index contributed by atoms with van der Waals surface area (Å²) in [6.45, 7) is 7.85. The predicted molar refractivity (Wildman–Crippen MR) is 162 cm³/mol. The molecule has 4 rings (SSSR count). The monoisotopic (exact) mass is 592 g/mol. The SMILES string of the molecule is CCOC(=O)CN[C@@](C)(C(=O)[N+]1(C)CCCC1)c1ccc2[nH]c(CNc3ccc(C(=N)N)cc3)nc2c1C.Cl.Cl. The molecule has 6 N–H and O–H groups in total. The van der Waals surface area contributed by atoms with Crippen LogP contribution >= 0.6 is 24.8 Å². The van der Waals surface area contributed by atoms with Gasteiger partial charge in [-0.3, -0.25) is 20.0 Å². The van der Waals surface area contributed by atoms with Crippen molar-refractivity contribution in [3.63, 3.8) is 0 Å². The number of aryl methyl sites for hydroxylation is 1. The van der Waals surface area contributed by atoms with Gasteiger partial charge in [0.15, 0.2) is 5.54 Å². The van der Waals surface area contributed by atoms with Crippen LogP contribution in [-0.4, -0.2) is 65.5 Å². The van der Waals surface area contributed by atoms with Crippen molar-refractivity contribution in [2.24, 2.45) is 5.73 Å². The second-order valence-electron chi connectivity index (χ2n) is 10.3. The zero-order valence-corrected chi connectivity index (χ0v) is 25.1. The molecule has 3 aromatic rings. The Kier molecular flexibility index (Phi) is 11.1. The minimum absolute atomic E-state index is 0. The number of benzene rings is 2. The fourth-order valence-corrected chi connectivity index (χ4v) is 5.37. The van der Waals surface area contributed by atoms with E-state index in [-0.39, 0.29) is 49.7 Å². The van der Waals surface area contributed by atoms with E-state index in [1.807, 2.05) is 45.2 Å². The highest BCUT2D eigenvalue weighted by atomic mass is 35.5. The summed E-state index contributed by atoms with van der Waals surface area (Å²) in [5.41, 5.74) is 9.33. The van der Waals surface area contributed by atoms with Crippen LogP contribution in [0.15, 0.2) is 36.4 Å². The lowest BCUT2D eigenvalue weighted by molar-refractivity contribution is -0.823. The number of nitrogens with zero attached hydrogens (tertiary/aromatic N) is 2. The number of nitrogens with two attached hydrogens (primary N) is 1. The summed E-state index contributed by atoms with van der Waals surface area (Å²) in [5, 5.41) is 14.1. The molecule has 1 atom stereocenters. The van der Waals surface area contributed by atoms with E-state index in [0.29, 0.717) is 16.6 Å².